The summed E-state index contributed by atoms with van der Waals surface area (Å²) in [6, 6.07) is 15.3. The van der Waals surface area contributed by atoms with E-state index in [0.29, 0.717) is 34.6 Å². The molecule has 0 aliphatic heterocycles. The minimum absolute atomic E-state index is 0.134. The molecule has 0 fully saturated rings. The lowest BCUT2D eigenvalue weighted by Gasteiger charge is -2.21. The van der Waals surface area contributed by atoms with Crippen molar-refractivity contribution in [3.63, 3.8) is 0 Å². The summed E-state index contributed by atoms with van der Waals surface area (Å²) in [5.74, 6) is 0.129. The molecular weight excluding hydrogens is 427 g/mol. The van der Waals surface area contributed by atoms with Crippen LogP contribution in [0.5, 0.6) is 5.75 Å². The number of rotatable bonds is 8. The van der Waals surface area contributed by atoms with E-state index in [-0.39, 0.29) is 24.2 Å². The number of nitrogens with one attached hydrogen (secondary N) is 1. The van der Waals surface area contributed by atoms with Crippen LogP contribution in [-0.2, 0) is 11.3 Å². The second kappa shape index (κ2) is 10.2. The molecule has 1 aromatic heterocycles. The van der Waals surface area contributed by atoms with Crippen LogP contribution < -0.4 is 10.1 Å². The topological polar surface area (TPSA) is 71.8 Å². The van der Waals surface area contributed by atoms with Crippen molar-refractivity contribution in [2.45, 2.75) is 13.5 Å². The molecule has 0 aliphatic carbocycles. The minimum Gasteiger partial charge on any atom is -0.484 e. The summed E-state index contributed by atoms with van der Waals surface area (Å²) in [7, 11) is 0. The SMILES string of the molecule is CCN(Cc1ccc(Cl)c(Cl)c1)C(=O)COc1cccc(NC(=O)c2ccco2)c1. The molecule has 0 bridgehead atoms. The van der Waals surface area contributed by atoms with Crippen LogP contribution in [0.25, 0.3) is 0 Å². The van der Waals surface area contributed by atoms with Gasteiger partial charge in [0.05, 0.1) is 16.3 Å². The van der Waals surface area contributed by atoms with E-state index in [4.69, 9.17) is 32.4 Å². The van der Waals surface area contributed by atoms with Gasteiger partial charge >= 0.3 is 0 Å². The number of anilines is 1. The quantitative estimate of drug-likeness (QED) is 0.511. The Labute approximate surface area is 184 Å². The maximum absolute atomic E-state index is 12.6. The first kappa shape index (κ1) is 21.7. The molecule has 2 aromatic carbocycles. The normalized spacial score (nSPS) is 10.5. The maximum Gasteiger partial charge on any atom is 0.291 e. The molecule has 8 heteroatoms. The maximum atomic E-state index is 12.6. The van der Waals surface area contributed by atoms with Crippen molar-refractivity contribution in [2.75, 3.05) is 18.5 Å². The summed E-state index contributed by atoms with van der Waals surface area (Å²) < 4.78 is 10.7. The van der Waals surface area contributed by atoms with E-state index >= 15 is 0 Å². The van der Waals surface area contributed by atoms with Gasteiger partial charge < -0.3 is 19.4 Å². The predicted molar refractivity (Wildman–Crippen MR) is 116 cm³/mol. The molecule has 0 unspecified atom stereocenters. The van der Waals surface area contributed by atoms with Gasteiger partial charge in [-0.05, 0) is 48.9 Å². The van der Waals surface area contributed by atoms with Gasteiger partial charge in [0, 0.05) is 24.8 Å². The first-order valence-electron chi connectivity index (χ1n) is 9.25. The highest BCUT2D eigenvalue weighted by Crippen LogP contribution is 2.23. The smallest absolute Gasteiger partial charge is 0.291 e. The summed E-state index contributed by atoms with van der Waals surface area (Å²) in [5.41, 5.74) is 1.41. The largest absolute Gasteiger partial charge is 0.484 e. The number of furan rings is 1. The molecule has 0 atom stereocenters. The number of halogens is 2. The summed E-state index contributed by atoms with van der Waals surface area (Å²) in [5, 5.41) is 3.63. The highest BCUT2D eigenvalue weighted by molar-refractivity contribution is 6.42. The second-order valence-electron chi connectivity index (χ2n) is 6.40. The average Bonchev–Trinajstić information content (AvgIpc) is 3.28. The van der Waals surface area contributed by atoms with E-state index in [2.05, 4.69) is 5.32 Å². The average molecular weight is 447 g/mol. The number of benzene rings is 2. The third-order valence-electron chi connectivity index (χ3n) is 4.29. The molecule has 6 nitrogen and oxygen atoms in total. The molecule has 3 aromatic rings. The molecule has 0 saturated heterocycles. The standard InChI is InChI=1S/C22H20Cl2N2O4/c1-2-26(13-15-8-9-18(23)19(24)11-15)21(27)14-30-17-6-3-5-16(12-17)25-22(28)20-7-4-10-29-20/h3-12H,2,13-14H2,1H3,(H,25,28). The Bertz CT molecular complexity index is 1020. The Balaban J connectivity index is 1.57. The summed E-state index contributed by atoms with van der Waals surface area (Å²) in [6.07, 6.45) is 1.43. The Morgan fingerprint density at radius 2 is 1.90 bits per heavy atom. The van der Waals surface area contributed by atoms with Crippen LogP contribution in [0, 0.1) is 0 Å². The molecule has 2 amide bonds. The van der Waals surface area contributed by atoms with Crippen LogP contribution in [0.1, 0.15) is 23.0 Å². The van der Waals surface area contributed by atoms with Gasteiger partial charge in [-0.2, -0.15) is 0 Å². The molecule has 3 rings (SSSR count). The Morgan fingerprint density at radius 3 is 2.60 bits per heavy atom. The summed E-state index contributed by atoms with van der Waals surface area (Å²) >= 11 is 12.0. The van der Waals surface area contributed by atoms with E-state index in [9.17, 15) is 9.59 Å². The van der Waals surface area contributed by atoms with Gasteiger partial charge in [0.25, 0.3) is 11.8 Å². The molecule has 30 heavy (non-hydrogen) atoms. The third kappa shape index (κ3) is 5.78. The molecule has 0 saturated carbocycles. The van der Waals surface area contributed by atoms with Gasteiger partial charge in [0.1, 0.15) is 5.75 Å². The monoisotopic (exact) mass is 446 g/mol. The van der Waals surface area contributed by atoms with E-state index in [1.54, 1.807) is 53.4 Å². The second-order valence-corrected chi connectivity index (χ2v) is 7.22. The van der Waals surface area contributed by atoms with Gasteiger partial charge in [-0.3, -0.25) is 9.59 Å². The van der Waals surface area contributed by atoms with Crippen LogP contribution >= 0.6 is 23.2 Å². The highest BCUT2D eigenvalue weighted by atomic mass is 35.5. The number of carbonyl (C=O) groups excluding carboxylic acids is 2. The van der Waals surface area contributed by atoms with Crippen molar-refractivity contribution in [1.82, 2.24) is 4.90 Å². The van der Waals surface area contributed by atoms with Gasteiger partial charge in [-0.1, -0.05) is 35.3 Å². The Morgan fingerprint density at radius 1 is 1.07 bits per heavy atom. The van der Waals surface area contributed by atoms with Crippen LogP contribution in [0.4, 0.5) is 5.69 Å². The molecular formula is C22H20Cl2N2O4. The third-order valence-corrected chi connectivity index (χ3v) is 5.03. The van der Waals surface area contributed by atoms with Crippen LogP contribution in [0.15, 0.2) is 65.3 Å². The fourth-order valence-electron chi connectivity index (χ4n) is 2.74. The molecule has 0 aliphatic rings. The predicted octanol–water partition coefficient (Wildman–Crippen LogP) is 5.27. The lowest BCUT2D eigenvalue weighted by Crippen LogP contribution is -2.34. The molecule has 0 radical (unpaired) electrons. The van der Waals surface area contributed by atoms with Crippen molar-refractivity contribution >= 4 is 40.7 Å². The van der Waals surface area contributed by atoms with Gasteiger partial charge in [0.15, 0.2) is 12.4 Å². The number of nitrogens with zero attached hydrogens (tertiary/aromatic N) is 1. The van der Waals surface area contributed by atoms with Crippen molar-refractivity contribution in [1.29, 1.82) is 0 Å². The Hall–Kier alpha value is -2.96. The number of amides is 2. The van der Waals surface area contributed by atoms with E-state index in [0.717, 1.165) is 5.56 Å². The van der Waals surface area contributed by atoms with Crippen LogP contribution in [0.2, 0.25) is 10.0 Å². The van der Waals surface area contributed by atoms with E-state index in [1.165, 1.54) is 6.26 Å². The Kier molecular flexibility index (Phi) is 7.38. The molecule has 1 heterocycles. The number of carbonyl (C=O) groups is 2. The lowest BCUT2D eigenvalue weighted by molar-refractivity contribution is -0.133. The summed E-state index contributed by atoms with van der Waals surface area (Å²) in [4.78, 5) is 26.3. The zero-order chi connectivity index (χ0) is 21.5. The zero-order valence-corrected chi connectivity index (χ0v) is 17.7. The number of hydrogen-bond donors (Lipinski definition) is 1. The zero-order valence-electron chi connectivity index (χ0n) is 16.2. The van der Waals surface area contributed by atoms with Gasteiger partial charge in [-0.15, -0.1) is 0 Å². The number of likely N-dealkylation sites (N-methyl/N-ethyl adjacent to an activating group) is 1. The van der Waals surface area contributed by atoms with Crippen molar-refractivity contribution in [2.24, 2.45) is 0 Å². The van der Waals surface area contributed by atoms with E-state index in [1.807, 2.05) is 13.0 Å². The molecule has 156 valence electrons. The fraction of sp³-hybridized carbons (Fsp3) is 0.182. The van der Waals surface area contributed by atoms with Crippen molar-refractivity contribution < 1.29 is 18.7 Å². The lowest BCUT2D eigenvalue weighted by atomic mass is 10.2. The minimum atomic E-state index is -0.369. The highest BCUT2D eigenvalue weighted by Gasteiger charge is 2.14. The van der Waals surface area contributed by atoms with Crippen LogP contribution in [0.3, 0.4) is 0 Å². The molecule has 0 spiro atoms. The number of hydrogen-bond acceptors (Lipinski definition) is 4. The van der Waals surface area contributed by atoms with Crippen molar-refractivity contribution in [3.8, 4) is 5.75 Å². The fourth-order valence-corrected chi connectivity index (χ4v) is 3.06. The first-order chi connectivity index (χ1) is 14.5. The molecule has 1 N–H and O–H groups in total. The first-order valence-corrected chi connectivity index (χ1v) is 10.0. The van der Waals surface area contributed by atoms with Gasteiger partial charge in [-0.25, -0.2) is 0 Å². The van der Waals surface area contributed by atoms with E-state index < -0.39 is 0 Å². The van der Waals surface area contributed by atoms with Crippen molar-refractivity contribution in [3.05, 3.63) is 82.2 Å². The number of ether oxygens (including phenoxy) is 1. The summed E-state index contributed by atoms with van der Waals surface area (Å²) in [6.45, 7) is 2.67. The van der Waals surface area contributed by atoms with Crippen LogP contribution in [-0.4, -0.2) is 29.9 Å². The van der Waals surface area contributed by atoms with Gasteiger partial charge in [0.2, 0.25) is 0 Å².